The Balaban J connectivity index is 0.00000456. The van der Waals surface area contributed by atoms with E-state index in [0.29, 0.717) is 11.5 Å². The van der Waals surface area contributed by atoms with E-state index in [1.807, 2.05) is 18.2 Å². The van der Waals surface area contributed by atoms with Crippen LogP contribution in [0.2, 0.25) is 0 Å². The largest absolute Gasteiger partial charge is 0.526 e. The summed E-state index contributed by atoms with van der Waals surface area (Å²) in [6, 6.07) is 74.4. The van der Waals surface area contributed by atoms with Crippen molar-refractivity contribution in [2.24, 2.45) is 0 Å². The van der Waals surface area contributed by atoms with Crippen molar-refractivity contribution in [2.45, 2.75) is 26.2 Å². The molecule has 11 aromatic rings. The van der Waals surface area contributed by atoms with Gasteiger partial charge in [0, 0.05) is 49.2 Å². The molecular weight excluding hydrogens is 989 g/mol. The van der Waals surface area contributed by atoms with Gasteiger partial charge in [-0.2, -0.15) is 18.2 Å². The van der Waals surface area contributed by atoms with E-state index in [2.05, 4.69) is 228 Å². The molecule has 0 spiro atoms. The quantitative estimate of drug-likeness (QED) is 0.128. The number of aromatic nitrogens is 4. The Morgan fingerprint density at radius 2 is 1.20 bits per heavy atom. The predicted octanol–water partition coefficient (Wildman–Crippen LogP) is 12.6. The summed E-state index contributed by atoms with van der Waals surface area (Å²) in [6.07, 6.45) is 4.00. The van der Waals surface area contributed by atoms with Crippen molar-refractivity contribution in [1.29, 1.82) is 0 Å². The van der Waals surface area contributed by atoms with E-state index >= 15 is 0 Å². The van der Waals surface area contributed by atoms with Crippen molar-refractivity contribution in [1.82, 2.24) is 14.1 Å². The summed E-state index contributed by atoms with van der Waals surface area (Å²) in [6.45, 7) is 6.31. The van der Waals surface area contributed by atoms with E-state index < -0.39 is 6.98 Å². The van der Waals surface area contributed by atoms with E-state index in [9.17, 15) is 0 Å². The zero-order chi connectivity index (χ0) is 43.4. The number of hydrogen-bond donors (Lipinski definition) is 0. The van der Waals surface area contributed by atoms with Gasteiger partial charge in [-0.1, -0.05) is 159 Å². The molecule has 0 atom stereocenters. The Morgan fingerprint density at radius 3 is 2.02 bits per heavy atom. The molecule has 0 N–H and O–H groups in total. The average molecular weight is 1030 g/mol. The van der Waals surface area contributed by atoms with Gasteiger partial charge >= 0.3 is 6.98 Å². The van der Waals surface area contributed by atoms with Crippen molar-refractivity contribution in [3.63, 3.8) is 0 Å². The first kappa shape index (κ1) is 40.1. The predicted molar refractivity (Wildman–Crippen MR) is 263 cm³/mol. The Bertz CT molecular complexity index is 3710. The third kappa shape index (κ3) is 6.21. The Hall–Kier alpha value is -7.47. The SMILES string of the molecule is CC(C)(C)c1cc2nc(c1)-n1c3[c-]c(ccc3c3ccccc31)Oc1[c-]c(ccc1)-n1[c-][n+]3c4c(cccc41)-c1ccccc1-c1cccc(-c4ccccc4)c1B3N2c1ccccc1.[Pt]. The molecule has 0 amide bonds. The van der Waals surface area contributed by atoms with E-state index in [4.69, 9.17) is 9.72 Å². The van der Waals surface area contributed by atoms with Gasteiger partial charge in [-0.05, 0) is 80.1 Å². The van der Waals surface area contributed by atoms with Gasteiger partial charge in [0.05, 0.1) is 11.0 Å². The number of pyridine rings is 1. The molecule has 5 heterocycles. The zero-order valence-electron chi connectivity index (χ0n) is 36.4. The molecule has 0 saturated carbocycles. The van der Waals surface area contributed by atoms with Crippen LogP contribution >= 0.6 is 0 Å². The molecule has 318 valence electrons. The van der Waals surface area contributed by atoms with Crippen LogP contribution in [0.25, 0.3) is 77.7 Å². The van der Waals surface area contributed by atoms with E-state index in [1.54, 1.807) is 0 Å². The van der Waals surface area contributed by atoms with Gasteiger partial charge in [0.2, 0.25) is 6.33 Å². The molecular formula is C58H40BN5OPt-2. The van der Waals surface area contributed by atoms with Gasteiger partial charge in [0.1, 0.15) is 11.6 Å². The van der Waals surface area contributed by atoms with Crippen molar-refractivity contribution >= 4 is 56.8 Å². The van der Waals surface area contributed by atoms with Gasteiger partial charge in [-0.15, -0.1) is 29.7 Å². The summed E-state index contributed by atoms with van der Waals surface area (Å²) in [5, 5.41) is 2.18. The number of fused-ring (bicyclic) bond motifs is 17. The zero-order valence-corrected chi connectivity index (χ0v) is 38.7. The van der Waals surface area contributed by atoms with Gasteiger partial charge in [0.25, 0.3) is 0 Å². The smallest absolute Gasteiger partial charge is 0.510 e. The number of benzene rings is 8. The number of para-hydroxylation sites is 3. The molecule has 0 fully saturated rings. The molecule has 8 heteroatoms. The maximum absolute atomic E-state index is 6.71. The topological polar surface area (TPSA) is 39.1 Å². The van der Waals surface area contributed by atoms with Crippen molar-refractivity contribution in [3.8, 4) is 56.4 Å². The summed E-state index contributed by atoms with van der Waals surface area (Å²) >= 11 is 0. The van der Waals surface area contributed by atoms with E-state index in [0.717, 1.165) is 100 Å². The van der Waals surface area contributed by atoms with Crippen LogP contribution in [0.5, 0.6) is 11.5 Å². The van der Waals surface area contributed by atoms with Crippen molar-refractivity contribution in [2.75, 3.05) is 4.81 Å². The molecule has 2 aliphatic rings. The molecule has 0 aliphatic carbocycles. The van der Waals surface area contributed by atoms with Crippen LogP contribution in [0.1, 0.15) is 26.3 Å². The first-order valence-corrected chi connectivity index (χ1v) is 22.2. The second-order valence-electron chi connectivity index (χ2n) is 18.0. The van der Waals surface area contributed by atoms with E-state index in [1.165, 1.54) is 0 Å². The third-order valence-electron chi connectivity index (χ3n) is 13.1. The maximum atomic E-state index is 6.71. The Kier molecular flexibility index (Phi) is 9.31. The van der Waals surface area contributed by atoms with Crippen LogP contribution < -0.4 is 19.5 Å². The summed E-state index contributed by atoms with van der Waals surface area (Å²) in [5.41, 5.74) is 14.6. The summed E-state index contributed by atoms with van der Waals surface area (Å²) in [5.74, 6) is 2.75. The number of anilines is 2. The van der Waals surface area contributed by atoms with Crippen LogP contribution in [-0.4, -0.2) is 21.1 Å². The van der Waals surface area contributed by atoms with Gasteiger partial charge in [-0.3, -0.25) is 0 Å². The minimum atomic E-state index is -0.527. The monoisotopic (exact) mass is 1030 g/mol. The molecule has 0 saturated heterocycles. The first-order chi connectivity index (χ1) is 31.9. The molecule has 8 bridgehead atoms. The van der Waals surface area contributed by atoms with Crippen molar-refractivity contribution < 1.29 is 30.3 Å². The number of nitrogens with zero attached hydrogens (tertiary/aromatic N) is 5. The third-order valence-corrected chi connectivity index (χ3v) is 13.1. The number of rotatable bonds is 2. The van der Waals surface area contributed by atoms with Gasteiger partial charge in [-0.25, -0.2) is 4.98 Å². The number of hydrogen-bond acceptors (Lipinski definition) is 3. The fourth-order valence-corrected chi connectivity index (χ4v) is 10.1. The van der Waals surface area contributed by atoms with Crippen LogP contribution in [0.4, 0.5) is 11.5 Å². The summed E-state index contributed by atoms with van der Waals surface area (Å²) in [4.78, 5) is 8.28. The molecule has 0 radical (unpaired) electrons. The number of imidazole rings is 1. The Morgan fingerprint density at radius 1 is 0.561 bits per heavy atom. The fourth-order valence-electron chi connectivity index (χ4n) is 10.1. The fraction of sp³-hybridized carbons (Fsp3) is 0.0690. The standard InChI is InChI=1S/C58H40BN5O.Pt/c1-58(2,3)39-33-54-60-55(34-39)64(40-19-8-5-9-20-40)59-56-44(38-17-6-4-7-18-38)26-15-27-49(56)45-23-10-11-24-46(45)50-28-16-30-52-57(50)62(59)37-61(52)41-21-14-22-42(35-41)65-43-31-32-48-47-25-12-13-29-51(47)63(54)53(48)36-43;/h4-34H,1-3H3;/q-2;. The minimum Gasteiger partial charge on any atom is -0.510 e. The molecule has 66 heavy (non-hydrogen) atoms. The van der Waals surface area contributed by atoms with Gasteiger partial charge in [0.15, 0.2) is 0 Å². The number of ether oxygens (including phenoxy) is 1. The van der Waals surface area contributed by atoms with Crippen LogP contribution in [-0.2, 0) is 26.5 Å². The average Bonchev–Trinajstić information content (AvgIpc) is 3.89. The minimum absolute atomic E-state index is 0. The first-order valence-electron chi connectivity index (χ1n) is 22.2. The van der Waals surface area contributed by atoms with Crippen LogP contribution in [0.3, 0.4) is 0 Å². The molecule has 8 aromatic carbocycles. The molecule has 3 aromatic heterocycles. The van der Waals surface area contributed by atoms with E-state index in [-0.39, 0.29) is 26.5 Å². The summed E-state index contributed by atoms with van der Waals surface area (Å²) < 4.78 is 13.5. The summed E-state index contributed by atoms with van der Waals surface area (Å²) in [7, 11) is 0. The molecule has 0 unspecified atom stereocenters. The van der Waals surface area contributed by atoms with Crippen LogP contribution in [0.15, 0.2) is 188 Å². The second-order valence-corrected chi connectivity index (χ2v) is 18.0. The second kappa shape index (κ2) is 15.3. The molecule has 2 aliphatic heterocycles. The molecule has 13 rings (SSSR count). The Labute approximate surface area is 398 Å². The van der Waals surface area contributed by atoms with Crippen molar-refractivity contribution in [3.05, 3.63) is 212 Å². The van der Waals surface area contributed by atoms with Crippen LogP contribution in [0, 0.1) is 18.5 Å². The molecule has 6 nitrogen and oxygen atoms in total. The maximum Gasteiger partial charge on any atom is 0.526 e. The normalized spacial score (nSPS) is 12.7. The van der Waals surface area contributed by atoms with Gasteiger partial charge < -0.3 is 23.2 Å².